The molecule has 0 unspecified atom stereocenters. The Balaban J connectivity index is 1.67. The summed E-state index contributed by atoms with van der Waals surface area (Å²) in [5, 5.41) is 15.9. The molecular weight excluding hydrogens is 410 g/mol. The number of thiazole rings is 1. The molecule has 8 heteroatoms. The van der Waals surface area contributed by atoms with E-state index in [9.17, 15) is 10.1 Å². The van der Waals surface area contributed by atoms with Crippen molar-refractivity contribution >= 4 is 39.4 Å². The van der Waals surface area contributed by atoms with Crippen molar-refractivity contribution in [2.45, 2.75) is 0 Å². The monoisotopic (exact) mass is 423 g/mol. The number of ether oxygens (including phenoxy) is 1. The molecule has 0 aliphatic carbocycles. The zero-order chi connectivity index (χ0) is 20.2. The van der Waals surface area contributed by atoms with E-state index < -0.39 is 4.92 Å². The van der Waals surface area contributed by atoms with Crippen molar-refractivity contribution in [1.82, 2.24) is 4.98 Å². The van der Waals surface area contributed by atoms with Crippen LogP contribution in [0.5, 0.6) is 10.8 Å². The average Bonchev–Trinajstić information content (AvgIpc) is 3.11. The summed E-state index contributed by atoms with van der Waals surface area (Å²) < 4.78 is 6.01. The molecule has 0 saturated heterocycles. The van der Waals surface area contributed by atoms with Gasteiger partial charge >= 0.3 is 0 Å². The first-order valence-electron chi connectivity index (χ1n) is 8.59. The minimum absolute atomic E-state index is 0.00764. The molecule has 1 heterocycles. The molecule has 0 radical (unpaired) electrons. The standard InChI is InChI=1S/C21H14ClN3O3S/c22-15-7-4-8-16(13-15)23-21-24-19(14-5-2-1-3-6-14)20(29-21)28-18-11-9-17(10-12-18)25(26)27/h1-13H,(H,23,24). The Kier molecular flexibility index (Phi) is 5.41. The quantitative estimate of drug-likeness (QED) is 0.269. The van der Waals surface area contributed by atoms with Crippen molar-refractivity contribution in [3.8, 4) is 22.1 Å². The number of non-ortho nitro benzene ring substituents is 1. The Labute approximate surface area is 175 Å². The highest BCUT2D eigenvalue weighted by Gasteiger charge is 2.16. The van der Waals surface area contributed by atoms with E-state index in [0.717, 1.165) is 11.3 Å². The predicted octanol–water partition coefficient (Wildman–Crippen LogP) is 6.91. The van der Waals surface area contributed by atoms with Gasteiger partial charge in [-0.2, -0.15) is 0 Å². The van der Waals surface area contributed by atoms with Crippen molar-refractivity contribution in [3.63, 3.8) is 0 Å². The van der Waals surface area contributed by atoms with Gasteiger partial charge in [0.05, 0.1) is 4.92 Å². The van der Waals surface area contributed by atoms with Gasteiger partial charge in [0.15, 0.2) is 5.13 Å². The fourth-order valence-electron chi connectivity index (χ4n) is 2.64. The number of aromatic nitrogens is 1. The van der Waals surface area contributed by atoms with E-state index >= 15 is 0 Å². The third-order valence-corrected chi connectivity index (χ3v) is 5.06. The molecule has 0 spiro atoms. The Morgan fingerprint density at radius 2 is 1.76 bits per heavy atom. The van der Waals surface area contributed by atoms with E-state index in [1.54, 1.807) is 18.2 Å². The van der Waals surface area contributed by atoms with Crippen LogP contribution in [0.3, 0.4) is 0 Å². The maximum Gasteiger partial charge on any atom is 0.269 e. The molecule has 3 aromatic carbocycles. The number of nitro groups is 1. The van der Waals surface area contributed by atoms with Gasteiger partial charge in [0.25, 0.3) is 5.69 Å². The van der Waals surface area contributed by atoms with Crippen LogP contribution in [-0.4, -0.2) is 9.91 Å². The number of anilines is 2. The molecule has 6 nitrogen and oxygen atoms in total. The van der Waals surface area contributed by atoms with E-state index in [-0.39, 0.29) is 5.69 Å². The fraction of sp³-hybridized carbons (Fsp3) is 0. The second-order valence-electron chi connectivity index (χ2n) is 6.01. The van der Waals surface area contributed by atoms with Gasteiger partial charge in [-0.1, -0.05) is 59.3 Å². The number of nitrogens with one attached hydrogen (secondary N) is 1. The zero-order valence-corrected chi connectivity index (χ0v) is 16.5. The Hall–Kier alpha value is -3.42. The molecule has 1 aromatic heterocycles. The number of halogens is 1. The van der Waals surface area contributed by atoms with Gasteiger partial charge in [0, 0.05) is 28.4 Å². The van der Waals surface area contributed by atoms with Crippen molar-refractivity contribution in [1.29, 1.82) is 0 Å². The molecule has 0 bridgehead atoms. The van der Waals surface area contributed by atoms with Crippen molar-refractivity contribution in [3.05, 3.63) is 94.0 Å². The summed E-state index contributed by atoms with van der Waals surface area (Å²) in [7, 11) is 0. The summed E-state index contributed by atoms with van der Waals surface area (Å²) in [6.45, 7) is 0. The molecule has 0 saturated carbocycles. The number of rotatable bonds is 6. The van der Waals surface area contributed by atoms with Crippen LogP contribution in [0.4, 0.5) is 16.5 Å². The van der Waals surface area contributed by atoms with Gasteiger partial charge in [0.1, 0.15) is 11.4 Å². The van der Waals surface area contributed by atoms with E-state index in [1.165, 1.54) is 23.5 Å². The van der Waals surface area contributed by atoms with Crippen LogP contribution >= 0.6 is 22.9 Å². The van der Waals surface area contributed by atoms with Crippen LogP contribution in [0.25, 0.3) is 11.3 Å². The number of nitrogens with zero attached hydrogens (tertiary/aromatic N) is 2. The molecule has 29 heavy (non-hydrogen) atoms. The Morgan fingerprint density at radius 1 is 1.00 bits per heavy atom. The zero-order valence-electron chi connectivity index (χ0n) is 14.9. The van der Waals surface area contributed by atoms with Crippen LogP contribution in [0.2, 0.25) is 5.02 Å². The maximum atomic E-state index is 10.8. The van der Waals surface area contributed by atoms with E-state index in [2.05, 4.69) is 10.3 Å². The van der Waals surface area contributed by atoms with Gasteiger partial charge in [-0.25, -0.2) is 4.98 Å². The van der Waals surface area contributed by atoms with Gasteiger partial charge in [-0.3, -0.25) is 10.1 Å². The maximum absolute atomic E-state index is 10.8. The first-order chi connectivity index (χ1) is 14.1. The lowest BCUT2D eigenvalue weighted by molar-refractivity contribution is -0.384. The normalized spacial score (nSPS) is 10.5. The van der Waals surface area contributed by atoms with E-state index in [0.29, 0.717) is 26.7 Å². The smallest absolute Gasteiger partial charge is 0.269 e. The molecule has 0 aliphatic rings. The molecule has 1 N–H and O–H groups in total. The summed E-state index contributed by atoms with van der Waals surface area (Å²) in [4.78, 5) is 15.1. The molecule has 0 aliphatic heterocycles. The first-order valence-corrected chi connectivity index (χ1v) is 9.79. The lowest BCUT2D eigenvalue weighted by Gasteiger charge is -2.05. The van der Waals surface area contributed by atoms with Crippen molar-refractivity contribution in [2.75, 3.05) is 5.32 Å². The number of hydrogen-bond acceptors (Lipinski definition) is 6. The summed E-state index contributed by atoms with van der Waals surface area (Å²) in [6, 6.07) is 23.0. The van der Waals surface area contributed by atoms with Gasteiger partial charge in [-0.05, 0) is 30.3 Å². The van der Waals surface area contributed by atoms with Gasteiger partial charge in [0.2, 0.25) is 5.06 Å². The topological polar surface area (TPSA) is 77.3 Å². The lowest BCUT2D eigenvalue weighted by atomic mass is 10.2. The largest absolute Gasteiger partial charge is 0.444 e. The van der Waals surface area contributed by atoms with Crippen molar-refractivity contribution in [2.24, 2.45) is 0 Å². The van der Waals surface area contributed by atoms with Crippen molar-refractivity contribution < 1.29 is 9.66 Å². The summed E-state index contributed by atoms with van der Waals surface area (Å²) >= 11 is 7.40. The molecule has 0 amide bonds. The first kappa shape index (κ1) is 18.9. The summed E-state index contributed by atoms with van der Waals surface area (Å²) in [6.07, 6.45) is 0. The van der Waals surface area contributed by atoms with Crippen LogP contribution in [0.1, 0.15) is 0 Å². The third kappa shape index (κ3) is 4.53. The SMILES string of the molecule is O=[N+]([O-])c1ccc(Oc2sc(Nc3cccc(Cl)c3)nc2-c2ccccc2)cc1. The molecule has 4 rings (SSSR count). The minimum atomic E-state index is -0.446. The highest BCUT2D eigenvalue weighted by molar-refractivity contribution is 7.18. The lowest BCUT2D eigenvalue weighted by Crippen LogP contribution is -1.89. The minimum Gasteiger partial charge on any atom is -0.444 e. The molecular formula is C21H14ClN3O3S. The Morgan fingerprint density at radius 3 is 2.45 bits per heavy atom. The van der Waals surface area contributed by atoms with Crippen LogP contribution in [0, 0.1) is 10.1 Å². The molecule has 4 aromatic rings. The molecule has 0 atom stereocenters. The van der Waals surface area contributed by atoms with E-state index in [4.69, 9.17) is 16.3 Å². The second-order valence-corrected chi connectivity index (χ2v) is 7.41. The second kappa shape index (κ2) is 8.30. The fourth-order valence-corrected chi connectivity index (χ4v) is 3.71. The average molecular weight is 424 g/mol. The van der Waals surface area contributed by atoms with Gasteiger partial charge in [-0.15, -0.1) is 0 Å². The summed E-state index contributed by atoms with van der Waals surface area (Å²) in [5.41, 5.74) is 2.40. The number of nitro benzene ring substituents is 1. The van der Waals surface area contributed by atoms with Crippen LogP contribution in [-0.2, 0) is 0 Å². The van der Waals surface area contributed by atoms with Crippen LogP contribution in [0.15, 0.2) is 78.9 Å². The van der Waals surface area contributed by atoms with E-state index in [1.807, 2.05) is 48.5 Å². The molecule has 0 fully saturated rings. The number of hydrogen-bond donors (Lipinski definition) is 1. The summed E-state index contributed by atoms with van der Waals surface area (Å²) in [5.74, 6) is 0.491. The Bertz CT molecular complexity index is 1150. The number of benzene rings is 3. The molecule has 144 valence electrons. The predicted molar refractivity (Wildman–Crippen MR) is 115 cm³/mol. The van der Waals surface area contributed by atoms with Crippen LogP contribution < -0.4 is 10.1 Å². The highest BCUT2D eigenvalue weighted by atomic mass is 35.5. The highest BCUT2D eigenvalue weighted by Crippen LogP contribution is 2.41. The van der Waals surface area contributed by atoms with Gasteiger partial charge < -0.3 is 10.1 Å². The third-order valence-electron chi connectivity index (χ3n) is 3.98.